The van der Waals surface area contributed by atoms with E-state index in [1.807, 2.05) is 24.4 Å². The third-order valence-electron chi connectivity index (χ3n) is 4.81. The van der Waals surface area contributed by atoms with E-state index < -0.39 is 0 Å². The van der Waals surface area contributed by atoms with Gasteiger partial charge in [0.2, 0.25) is 0 Å². The van der Waals surface area contributed by atoms with Crippen LogP contribution in [-0.4, -0.2) is 9.97 Å². The van der Waals surface area contributed by atoms with Gasteiger partial charge in [-0.05, 0) is 46.7 Å². The number of nitrogens with zero attached hydrogens (tertiary/aromatic N) is 2. The van der Waals surface area contributed by atoms with Crippen molar-refractivity contribution in [3.05, 3.63) is 95.7 Å². The van der Waals surface area contributed by atoms with Crippen LogP contribution in [-0.2, 0) is 0 Å². The molecule has 5 rings (SSSR count). The fraction of sp³-hybridized carbons (Fsp3) is 0. The lowest BCUT2D eigenvalue weighted by molar-refractivity contribution is 1.33. The molecule has 0 saturated carbocycles. The van der Waals surface area contributed by atoms with Crippen LogP contribution < -0.4 is 0 Å². The van der Waals surface area contributed by atoms with Gasteiger partial charge >= 0.3 is 0 Å². The first-order valence-electron chi connectivity index (χ1n) is 8.78. The Balaban J connectivity index is 1.88. The first-order valence-corrected chi connectivity index (χ1v) is 9.58. The first-order chi connectivity index (χ1) is 13.3. The van der Waals surface area contributed by atoms with E-state index in [4.69, 9.17) is 4.98 Å². The zero-order valence-corrected chi connectivity index (χ0v) is 16.0. The highest BCUT2D eigenvalue weighted by molar-refractivity contribution is 9.10. The summed E-state index contributed by atoms with van der Waals surface area (Å²) in [6.45, 7) is 0. The summed E-state index contributed by atoms with van der Waals surface area (Å²) in [4.78, 5) is 9.31. The van der Waals surface area contributed by atoms with E-state index in [9.17, 15) is 0 Å². The minimum absolute atomic E-state index is 0.962. The summed E-state index contributed by atoms with van der Waals surface area (Å²) in [6.07, 6.45) is 3.72. The summed E-state index contributed by atoms with van der Waals surface area (Å²) in [6, 6.07) is 27.2. The van der Waals surface area contributed by atoms with Crippen LogP contribution in [0.1, 0.15) is 0 Å². The molecule has 0 bridgehead atoms. The smallest absolute Gasteiger partial charge is 0.0722 e. The molecule has 0 atom stereocenters. The topological polar surface area (TPSA) is 25.8 Å². The van der Waals surface area contributed by atoms with Crippen LogP contribution in [0.5, 0.6) is 0 Å². The second-order valence-corrected chi connectivity index (χ2v) is 7.40. The lowest BCUT2D eigenvalue weighted by Crippen LogP contribution is -1.91. The molecule has 0 saturated heterocycles. The predicted molar refractivity (Wildman–Crippen MR) is 116 cm³/mol. The number of aromatic nitrogens is 2. The number of pyridine rings is 2. The molecule has 0 spiro atoms. The number of hydrogen-bond donors (Lipinski definition) is 0. The highest BCUT2D eigenvalue weighted by atomic mass is 79.9. The van der Waals surface area contributed by atoms with Crippen molar-refractivity contribution in [2.24, 2.45) is 0 Å². The van der Waals surface area contributed by atoms with Gasteiger partial charge in [-0.2, -0.15) is 0 Å². The Hall–Kier alpha value is -3.04. The van der Waals surface area contributed by atoms with Gasteiger partial charge in [0.15, 0.2) is 0 Å². The maximum absolute atomic E-state index is 4.98. The Morgan fingerprint density at radius 1 is 0.741 bits per heavy atom. The van der Waals surface area contributed by atoms with Gasteiger partial charge in [0.25, 0.3) is 0 Å². The SMILES string of the molecule is Brc1ccc(-c2cc(-c3cccnc3)c3c(ccc4ccccc43)n2)cc1. The fourth-order valence-corrected chi connectivity index (χ4v) is 3.79. The van der Waals surface area contributed by atoms with E-state index in [0.29, 0.717) is 0 Å². The molecule has 27 heavy (non-hydrogen) atoms. The molecule has 0 unspecified atom stereocenters. The minimum Gasteiger partial charge on any atom is -0.264 e. The molecule has 2 nitrogen and oxygen atoms in total. The molecular formula is C24H15BrN2. The molecular weight excluding hydrogens is 396 g/mol. The quantitative estimate of drug-likeness (QED) is 0.296. The molecule has 128 valence electrons. The monoisotopic (exact) mass is 410 g/mol. The molecule has 0 aliphatic heterocycles. The third kappa shape index (κ3) is 2.90. The standard InChI is InChI=1S/C24H15BrN2/c25-19-10-7-17(8-11-19)23-14-21(18-5-3-13-26-15-18)24-20-6-2-1-4-16(20)9-12-22(24)27-23/h1-15H. The first kappa shape index (κ1) is 16.2. The lowest BCUT2D eigenvalue weighted by atomic mass is 9.95. The van der Waals surface area contributed by atoms with Crippen molar-refractivity contribution in [2.75, 3.05) is 0 Å². The van der Waals surface area contributed by atoms with Crippen molar-refractivity contribution in [3.63, 3.8) is 0 Å². The van der Waals surface area contributed by atoms with Crippen LogP contribution in [0.3, 0.4) is 0 Å². The summed E-state index contributed by atoms with van der Waals surface area (Å²) in [7, 11) is 0. The van der Waals surface area contributed by atoms with Crippen LogP contribution in [0.25, 0.3) is 44.1 Å². The molecule has 3 aromatic carbocycles. The van der Waals surface area contributed by atoms with E-state index in [-0.39, 0.29) is 0 Å². The highest BCUT2D eigenvalue weighted by Gasteiger charge is 2.12. The van der Waals surface area contributed by atoms with E-state index >= 15 is 0 Å². The molecule has 0 fully saturated rings. The zero-order chi connectivity index (χ0) is 18.2. The van der Waals surface area contributed by atoms with Gasteiger partial charge in [-0.15, -0.1) is 0 Å². The average Bonchev–Trinajstić information content (AvgIpc) is 2.74. The van der Waals surface area contributed by atoms with Crippen LogP contribution in [0, 0.1) is 0 Å². The van der Waals surface area contributed by atoms with Crippen molar-refractivity contribution >= 4 is 37.6 Å². The normalized spacial score (nSPS) is 11.1. The van der Waals surface area contributed by atoms with Crippen molar-refractivity contribution in [2.45, 2.75) is 0 Å². The zero-order valence-electron chi connectivity index (χ0n) is 14.4. The summed E-state index contributed by atoms with van der Waals surface area (Å²) in [5, 5.41) is 3.60. The number of hydrogen-bond acceptors (Lipinski definition) is 2. The summed E-state index contributed by atoms with van der Waals surface area (Å²) >= 11 is 3.51. The summed E-state index contributed by atoms with van der Waals surface area (Å²) in [5.74, 6) is 0. The van der Waals surface area contributed by atoms with Crippen molar-refractivity contribution in [1.29, 1.82) is 0 Å². The van der Waals surface area contributed by atoms with Gasteiger partial charge in [-0.3, -0.25) is 4.98 Å². The molecule has 0 radical (unpaired) electrons. The maximum atomic E-state index is 4.98. The molecule has 5 aromatic rings. The molecule has 0 aliphatic rings. The Bertz CT molecular complexity index is 1260. The molecule has 0 aliphatic carbocycles. The molecule has 2 aromatic heterocycles. The minimum atomic E-state index is 0.962. The molecule has 3 heteroatoms. The van der Waals surface area contributed by atoms with E-state index in [1.54, 1.807) is 6.20 Å². The maximum Gasteiger partial charge on any atom is 0.0722 e. The second kappa shape index (κ2) is 6.60. The third-order valence-corrected chi connectivity index (χ3v) is 5.34. The molecule has 2 heterocycles. The fourth-order valence-electron chi connectivity index (χ4n) is 3.53. The summed E-state index contributed by atoms with van der Waals surface area (Å²) < 4.78 is 1.06. The van der Waals surface area contributed by atoms with Gasteiger partial charge in [0.1, 0.15) is 0 Å². The molecule has 0 N–H and O–H groups in total. The van der Waals surface area contributed by atoms with E-state index in [1.165, 1.54) is 16.2 Å². The molecule has 0 amide bonds. The van der Waals surface area contributed by atoms with Gasteiger partial charge in [-0.1, -0.05) is 64.5 Å². The Morgan fingerprint density at radius 2 is 1.59 bits per heavy atom. The predicted octanol–water partition coefficient (Wildman–Crippen LogP) is 6.88. The number of rotatable bonds is 2. The van der Waals surface area contributed by atoms with E-state index in [0.717, 1.165) is 32.4 Å². The average molecular weight is 411 g/mol. The number of fused-ring (bicyclic) bond motifs is 3. The Labute approximate surface area is 165 Å². The van der Waals surface area contributed by atoms with Crippen molar-refractivity contribution < 1.29 is 0 Å². The lowest BCUT2D eigenvalue weighted by Gasteiger charge is -2.13. The number of benzene rings is 3. The summed E-state index contributed by atoms with van der Waals surface area (Å²) in [5.41, 5.74) is 5.30. The Kier molecular flexibility index (Phi) is 3.95. The largest absolute Gasteiger partial charge is 0.264 e. The van der Waals surface area contributed by atoms with Crippen LogP contribution in [0.2, 0.25) is 0 Å². The van der Waals surface area contributed by atoms with Gasteiger partial charge in [0.05, 0.1) is 11.2 Å². The van der Waals surface area contributed by atoms with E-state index in [2.05, 4.69) is 81.6 Å². The highest BCUT2D eigenvalue weighted by Crippen LogP contribution is 2.36. The van der Waals surface area contributed by atoms with Crippen molar-refractivity contribution in [1.82, 2.24) is 9.97 Å². The Morgan fingerprint density at radius 3 is 2.41 bits per heavy atom. The second-order valence-electron chi connectivity index (χ2n) is 6.48. The van der Waals surface area contributed by atoms with Gasteiger partial charge in [-0.25, -0.2) is 4.98 Å². The van der Waals surface area contributed by atoms with Crippen LogP contribution in [0.15, 0.2) is 95.7 Å². The van der Waals surface area contributed by atoms with Gasteiger partial charge in [0, 0.05) is 33.4 Å². The van der Waals surface area contributed by atoms with Crippen LogP contribution in [0.4, 0.5) is 0 Å². The number of halogens is 1. The van der Waals surface area contributed by atoms with Crippen LogP contribution >= 0.6 is 15.9 Å². The van der Waals surface area contributed by atoms with Gasteiger partial charge < -0.3 is 0 Å². The van der Waals surface area contributed by atoms with Crippen molar-refractivity contribution in [3.8, 4) is 22.4 Å².